The van der Waals surface area contributed by atoms with Crippen LogP contribution < -0.4 is 24.0 Å². The highest BCUT2D eigenvalue weighted by Crippen LogP contribution is 2.32. The topological polar surface area (TPSA) is 56.8 Å². The molecule has 3 aromatic carbocycles. The van der Waals surface area contributed by atoms with E-state index < -0.39 is 6.10 Å². The third-order valence-corrected chi connectivity index (χ3v) is 6.24. The van der Waals surface area contributed by atoms with Crippen LogP contribution in [0.5, 0.6) is 17.2 Å². The lowest BCUT2D eigenvalue weighted by molar-refractivity contribution is -1.02. The number of aliphatic hydroxyl groups excluding tert-OH is 1. The third-order valence-electron chi connectivity index (χ3n) is 6.24. The number of quaternary nitrogens is 2. The Balaban J connectivity index is 1.06. The van der Waals surface area contributed by atoms with Crippen molar-refractivity contribution >= 4 is 10.8 Å². The van der Waals surface area contributed by atoms with Crippen LogP contribution in [-0.2, 0) is 6.54 Å². The number of fused-ring (bicyclic) bond motifs is 2. The lowest BCUT2D eigenvalue weighted by Crippen LogP contribution is -3.28. The Bertz CT molecular complexity index is 1030. The number of hydrogen-bond donors (Lipinski definition) is 3. The molecule has 2 aliphatic heterocycles. The van der Waals surface area contributed by atoms with Crippen molar-refractivity contribution in [1.82, 2.24) is 0 Å². The van der Waals surface area contributed by atoms with Crippen molar-refractivity contribution in [2.45, 2.75) is 12.6 Å². The first kappa shape index (κ1) is 20.1. The van der Waals surface area contributed by atoms with Gasteiger partial charge in [-0.15, -0.1) is 0 Å². The van der Waals surface area contributed by atoms with Crippen LogP contribution in [-0.4, -0.2) is 57.3 Å². The van der Waals surface area contributed by atoms with Gasteiger partial charge in [0.15, 0.2) is 11.5 Å². The molecular weight excluding hydrogens is 392 g/mol. The molecule has 0 saturated carbocycles. The number of ether oxygens (including phenoxy) is 3. The molecule has 1 atom stereocenters. The molecule has 0 spiro atoms. The van der Waals surface area contributed by atoms with E-state index in [1.54, 1.807) is 4.90 Å². The molecule has 0 radical (unpaired) electrons. The predicted molar refractivity (Wildman–Crippen MR) is 118 cm³/mol. The van der Waals surface area contributed by atoms with E-state index in [4.69, 9.17) is 14.2 Å². The molecule has 0 amide bonds. The van der Waals surface area contributed by atoms with Gasteiger partial charge in [0.2, 0.25) is 6.79 Å². The maximum absolute atomic E-state index is 10.5. The van der Waals surface area contributed by atoms with Gasteiger partial charge in [-0.25, -0.2) is 0 Å². The Hall–Kier alpha value is -2.80. The minimum Gasteiger partial charge on any atom is -0.491 e. The average molecular weight is 423 g/mol. The van der Waals surface area contributed by atoms with Gasteiger partial charge < -0.3 is 29.1 Å². The summed E-state index contributed by atoms with van der Waals surface area (Å²) < 4.78 is 16.7. The summed E-state index contributed by atoms with van der Waals surface area (Å²) in [6, 6.07) is 20.5. The zero-order valence-electron chi connectivity index (χ0n) is 17.7. The second-order valence-electron chi connectivity index (χ2n) is 8.54. The van der Waals surface area contributed by atoms with Crippen molar-refractivity contribution in [3.05, 3.63) is 66.2 Å². The molecule has 6 heteroatoms. The molecule has 0 aromatic heterocycles. The summed E-state index contributed by atoms with van der Waals surface area (Å²) >= 11 is 0. The highest BCUT2D eigenvalue weighted by atomic mass is 16.7. The quantitative estimate of drug-likeness (QED) is 0.513. The summed E-state index contributed by atoms with van der Waals surface area (Å²) in [7, 11) is 0. The molecule has 0 bridgehead atoms. The SMILES string of the molecule is O[C@@H](COc1ccc2ccccc2c1)C[NH+]1CC[NH+](Cc2ccc3c(c2)OCO3)CC1. The smallest absolute Gasteiger partial charge is 0.231 e. The maximum Gasteiger partial charge on any atom is 0.231 e. The third kappa shape index (κ3) is 4.93. The maximum atomic E-state index is 10.5. The van der Waals surface area contributed by atoms with Crippen LogP contribution in [0, 0.1) is 0 Å². The highest BCUT2D eigenvalue weighted by Gasteiger charge is 2.26. The summed E-state index contributed by atoms with van der Waals surface area (Å²) in [4.78, 5) is 3.02. The van der Waals surface area contributed by atoms with Crippen molar-refractivity contribution in [2.75, 3.05) is 46.1 Å². The van der Waals surface area contributed by atoms with Crippen LogP contribution in [0.3, 0.4) is 0 Å². The largest absolute Gasteiger partial charge is 0.491 e. The Morgan fingerprint density at radius 1 is 0.839 bits per heavy atom. The number of aliphatic hydroxyl groups is 1. The normalized spacial score (nSPS) is 21.2. The first-order valence-corrected chi connectivity index (χ1v) is 11.1. The summed E-state index contributed by atoms with van der Waals surface area (Å²) in [5, 5.41) is 12.8. The van der Waals surface area contributed by atoms with Gasteiger partial charge in [-0.05, 0) is 41.1 Å². The van der Waals surface area contributed by atoms with E-state index in [0.29, 0.717) is 13.4 Å². The zero-order chi connectivity index (χ0) is 21.0. The monoisotopic (exact) mass is 422 g/mol. The van der Waals surface area contributed by atoms with Crippen LogP contribution >= 0.6 is 0 Å². The van der Waals surface area contributed by atoms with Gasteiger partial charge >= 0.3 is 0 Å². The van der Waals surface area contributed by atoms with Crippen molar-refractivity contribution < 1.29 is 29.1 Å². The molecule has 3 aromatic rings. The van der Waals surface area contributed by atoms with E-state index in [-0.39, 0.29) is 0 Å². The number of hydrogen-bond acceptors (Lipinski definition) is 4. The molecule has 31 heavy (non-hydrogen) atoms. The van der Waals surface area contributed by atoms with E-state index in [9.17, 15) is 5.11 Å². The summed E-state index contributed by atoms with van der Waals surface area (Å²) in [6.45, 7) is 6.70. The second kappa shape index (κ2) is 9.14. The lowest BCUT2D eigenvalue weighted by Gasteiger charge is -2.30. The molecule has 1 fully saturated rings. The Labute approximate surface area is 182 Å². The lowest BCUT2D eigenvalue weighted by atomic mass is 10.1. The molecule has 162 valence electrons. The predicted octanol–water partition coefficient (Wildman–Crippen LogP) is 0.292. The fraction of sp³-hybridized carbons (Fsp3) is 0.360. The van der Waals surface area contributed by atoms with Crippen LogP contribution in [0.15, 0.2) is 60.7 Å². The van der Waals surface area contributed by atoms with Gasteiger partial charge in [0, 0.05) is 5.56 Å². The molecule has 6 nitrogen and oxygen atoms in total. The number of rotatable bonds is 7. The van der Waals surface area contributed by atoms with Gasteiger partial charge in [0.05, 0.1) is 0 Å². The van der Waals surface area contributed by atoms with Crippen molar-refractivity contribution in [3.63, 3.8) is 0 Å². The van der Waals surface area contributed by atoms with Crippen molar-refractivity contribution in [3.8, 4) is 17.2 Å². The summed E-state index contributed by atoms with van der Waals surface area (Å²) in [6.07, 6.45) is -0.461. The number of nitrogens with one attached hydrogen (secondary N) is 2. The van der Waals surface area contributed by atoms with Gasteiger partial charge in [-0.1, -0.05) is 30.3 Å². The second-order valence-corrected chi connectivity index (χ2v) is 8.54. The van der Waals surface area contributed by atoms with Gasteiger partial charge in [-0.2, -0.15) is 0 Å². The zero-order valence-corrected chi connectivity index (χ0v) is 17.7. The van der Waals surface area contributed by atoms with Crippen LogP contribution in [0.4, 0.5) is 0 Å². The van der Waals surface area contributed by atoms with Crippen molar-refractivity contribution in [1.29, 1.82) is 0 Å². The van der Waals surface area contributed by atoms with Gasteiger partial charge in [0.25, 0.3) is 0 Å². The Morgan fingerprint density at radius 3 is 2.48 bits per heavy atom. The fourth-order valence-electron chi connectivity index (χ4n) is 4.52. The molecule has 5 rings (SSSR count). The average Bonchev–Trinajstić information content (AvgIpc) is 3.27. The molecule has 0 aliphatic carbocycles. The minimum atomic E-state index is -0.461. The molecule has 3 N–H and O–H groups in total. The van der Waals surface area contributed by atoms with E-state index in [2.05, 4.69) is 30.3 Å². The first-order chi connectivity index (χ1) is 15.2. The standard InChI is InChI=1S/C25H28N2O4/c28-22(17-29-23-7-6-20-3-1-2-4-21(20)14-23)16-27-11-9-26(10-12-27)15-19-5-8-24-25(13-19)31-18-30-24/h1-8,13-14,22,28H,9-12,15-18H2/p+2/t22-/m1/s1. The molecule has 2 aliphatic rings. The highest BCUT2D eigenvalue weighted by molar-refractivity contribution is 5.83. The van der Waals surface area contributed by atoms with Crippen molar-refractivity contribution in [2.24, 2.45) is 0 Å². The molecule has 0 unspecified atom stereocenters. The number of benzene rings is 3. The summed E-state index contributed by atoms with van der Waals surface area (Å²) in [5.41, 5.74) is 1.28. The molecule has 1 saturated heterocycles. The van der Waals surface area contributed by atoms with E-state index in [1.807, 2.05) is 30.3 Å². The minimum absolute atomic E-state index is 0.320. The van der Waals surface area contributed by atoms with E-state index in [0.717, 1.165) is 61.9 Å². The summed E-state index contributed by atoms with van der Waals surface area (Å²) in [5.74, 6) is 2.51. The Morgan fingerprint density at radius 2 is 1.61 bits per heavy atom. The van der Waals surface area contributed by atoms with E-state index >= 15 is 0 Å². The van der Waals surface area contributed by atoms with Crippen LogP contribution in [0.25, 0.3) is 10.8 Å². The first-order valence-electron chi connectivity index (χ1n) is 11.1. The fourth-order valence-corrected chi connectivity index (χ4v) is 4.52. The molecular formula is C25H30N2O4+2. The number of piperazine rings is 1. The van der Waals surface area contributed by atoms with Crippen LogP contribution in [0.1, 0.15) is 5.56 Å². The van der Waals surface area contributed by atoms with Crippen LogP contribution in [0.2, 0.25) is 0 Å². The van der Waals surface area contributed by atoms with Gasteiger partial charge in [-0.3, -0.25) is 0 Å². The molecule has 2 heterocycles. The van der Waals surface area contributed by atoms with E-state index in [1.165, 1.54) is 15.8 Å². The Kier molecular flexibility index (Phi) is 5.93. The van der Waals surface area contributed by atoms with Gasteiger partial charge in [0.1, 0.15) is 57.7 Å².